The van der Waals surface area contributed by atoms with Crippen molar-refractivity contribution in [1.29, 1.82) is 5.26 Å². The number of aromatic nitrogens is 1. The lowest BCUT2D eigenvalue weighted by Crippen LogP contribution is -2.48. The van der Waals surface area contributed by atoms with E-state index in [1.165, 1.54) is 12.1 Å². The number of furan rings is 1. The number of pyridine rings is 1. The minimum atomic E-state index is -0.430. The van der Waals surface area contributed by atoms with Crippen molar-refractivity contribution in [2.45, 2.75) is 18.8 Å². The number of carbonyl (C=O) groups excluding carboxylic acids is 1. The zero-order chi connectivity index (χ0) is 20.0. The number of carbonyl (C=O) groups is 1. The first-order valence-electron chi connectivity index (χ1n) is 9.76. The molecular weight excluding hydrogens is 371 g/mol. The molecule has 5 rings (SSSR count). The van der Waals surface area contributed by atoms with Gasteiger partial charge in [0.05, 0.1) is 17.2 Å². The molecule has 1 aliphatic heterocycles. The average molecular weight is 390 g/mol. The van der Waals surface area contributed by atoms with Gasteiger partial charge in [0.25, 0.3) is 5.91 Å². The number of hydrogen-bond donors (Lipinski definition) is 0. The average Bonchev–Trinajstić information content (AvgIpc) is 3.51. The summed E-state index contributed by atoms with van der Waals surface area (Å²) in [6.07, 6.45) is 3.89. The van der Waals surface area contributed by atoms with Crippen molar-refractivity contribution in [2.75, 3.05) is 31.1 Å². The zero-order valence-electron chi connectivity index (χ0n) is 15.8. The number of anilines is 1. The fraction of sp³-hybridized carbons (Fsp3) is 0.318. The standard InChI is InChI=1S/C22H19FN4O2/c23-16-9-14(13-24)10-17(11-16)26-5-7-27(8-6-26)22(28)18-3-4-25-19-12-20(15-1-2-15)29-21(18)19/h3-4,9-12,15H,1-2,5-8H2. The minimum Gasteiger partial charge on any atom is -0.458 e. The van der Waals surface area contributed by atoms with Gasteiger partial charge in [0, 0.05) is 50.0 Å². The molecule has 2 fully saturated rings. The molecule has 0 radical (unpaired) electrons. The fourth-order valence-corrected chi connectivity index (χ4v) is 3.85. The van der Waals surface area contributed by atoms with E-state index >= 15 is 0 Å². The Morgan fingerprint density at radius 1 is 1.17 bits per heavy atom. The molecule has 1 aliphatic carbocycles. The maximum Gasteiger partial charge on any atom is 0.257 e. The van der Waals surface area contributed by atoms with Crippen LogP contribution in [0.1, 0.15) is 40.4 Å². The van der Waals surface area contributed by atoms with Crippen molar-refractivity contribution in [3.05, 3.63) is 59.2 Å². The molecule has 1 amide bonds. The molecule has 0 spiro atoms. The van der Waals surface area contributed by atoms with E-state index < -0.39 is 5.82 Å². The zero-order valence-corrected chi connectivity index (χ0v) is 15.8. The van der Waals surface area contributed by atoms with Crippen LogP contribution in [-0.2, 0) is 0 Å². The molecule has 1 saturated carbocycles. The summed E-state index contributed by atoms with van der Waals surface area (Å²) in [6, 6.07) is 9.95. The SMILES string of the molecule is N#Cc1cc(F)cc(N2CCN(C(=O)c3ccnc4cc(C5CC5)oc34)CC2)c1. The van der Waals surface area contributed by atoms with Crippen LogP contribution in [0.4, 0.5) is 10.1 Å². The molecule has 2 aliphatic rings. The Labute approximate surface area is 167 Å². The number of hydrogen-bond acceptors (Lipinski definition) is 5. The molecule has 7 heteroatoms. The molecule has 146 valence electrons. The third kappa shape index (κ3) is 3.31. The minimum absolute atomic E-state index is 0.0781. The first-order valence-corrected chi connectivity index (χ1v) is 9.76. The van der Waals surface area contributed by atoms with Crippen LogP contribution >= 0.6 is 0 Å². The van der Waals surface area contributed by atoms with Gasteiger partial charge in [0.1, 0.15) is 17.1 Å². The van der Waals surface area contributed by atoms with Crippen LogP contribution in [0.25, 0.3) is 11.1 Å². The summed E-state index contributed by atoms with van der Waals surface area (Å²) in [5, 5.41) is 9.05. The van der Waals surface area contributed by atoms with Gasteiger partial charge < -0.3 is 14.2 Å². The molecule has 1 saturated heterocycles. The number of nitrogens with zero attached hydrogens (tertiary/aromatic N) is 4. The number of benzene rings is 1. The highest BCUT2D eigenvalue weighted by molar-refractivity contribution is 6.04. The van der Waals surface area contributed by atoms with Crippen molar-refractivity contribution in [3.8, 4) is 6.07 Å². The Kier molecular flexibility index (Phi) is 4.20. The van der Waals surface area contributed by atoms with Gasteiger partial charge in [0.2, 0.25) is 0 Å². The van der Waals surface area contributed by atoms with Crippen molar-refractivity contribution in [2.24, 2.45) is 0 Å². The molecule has 3 heterocycles. The van der Waals surface area contributed by atoms with E-state index in [2.05, 4.69) is 4.98 Å². The van der Waals surface area contributed by atoms with Crippen LogP contribution in [0.5, 0.6) is 0 Å². The first-order chi connectivity index (χ1) is 14.1. The quantitative estimate of drug-likeness (QED) is 0.682. The molecule has 1 aromatic carbocycles. The van der Waals surface area contributed by atoms with E-state index in [4.69, 9.17) is 9.68 Å². The predicted octanol–water partition coefficient (Wildman–Crippen LogP) is 3.68. The number of halogens is 1. The highest BCUT2D eigenvalue weighted by atomic mass is 19.1. The lowest BCUT2D eigenvalue weighted by Gasteiger charge is -2.36. The highest BCUT2D eigenvalue weighted by Gasteiger charge is 2.30. The number of piperazine rings is 1. The topological polar surface area (TPSA) is 73.4 Å². The number of rotatable bonds is 3. The van der Waals surface area contributed by atoms with Gasteiger partial charge >= 0.3 is 0 Å². The Balaban J connectivity index is 1.33. The van der Waals surface area contributed by atoms with E-state index in [1.54, 1.807) is 23.2 Å². The molecule has 0 atom stereocenters. The van der Waals surface area contributed by atoms with Crippen LogP contribution in [0.3, 0.4) is 0 Å². The van der Waals surface area contributed by atoms with Gasteiger partial charge in [-0.3, -0.25) is 9.78 Å². The maximum atomic E-state index is 13.7. The molecule has 3 aromatic rings. The van der Waals surface area contributed by atoms with Crippen molar-refractivity contribution >= 4 is 22.7 Å². The van der Waals surface area contributed by atoms with E-state index in [-0.39, 0.29) is 5.91 Å². The van der Waals surface area contributed by atoms with Crippen molar-refractivity contribution in [1.82, 2.24) is 9.88 Å². The molecule has 29 heavy (non-hydrogen) atoms. The monoisotopic (exact) mass is 390 g/mol. The van der Waals surface area contributed by atoms with Crippen LogP contribution in [0, 0.1) is 17.1 Å². The summed E-state index contributed by atoms with van der Waals surface area (Å²) >= 11 is 0. The number of fused-ring (bicyclic) bond motifs is 1. The van der Waals surface area contributed by atoms with Gasteiger partial charge in [-0.1, -0.05) is 0 Å². The van der Waals surface area contributed by atoms with E-state index in [0.717, 1.165) is 24.1 Å². The first kappa shape index (κ1) is 17.7. The normalized spacial score (nSPS) is 16.8. The maximum absolute atomic E-state index is 13.7. The van der Waals surface area contributed by atoms with Crippen molar-refractivity contribution < 1.29 is 13.6 Å². The predicted molar refractivity (Wildman–Crippen MR) is 105 cm³/mol. The van der Waals surface area contributed by atoms with E-state index in [1.807, 2.05) is 17.0 Å². The summed E-state index contributed by atoms with van der Waals surface area (Å²) in [5.74, 6) is 0.865. The second-order valence-electron chi connectivity index (χ2n) is 7.59. The lowest BCUT2D eigenvalue weighted by atomic mass is 10.1. The Bertz CT molecular complexity index is 1140. The lowest BCUT2D eigenvalue weighted by molar-refractivity contribution is 0.0747. The highest BCUT2D eigenvalue weighted by Crippen LogP contribution is 2.42. The molecule has 0 N–H and O–H groups in total. The Morgan fingerprint density at radius 3 is 2.69 bits per heavy atom. The van der Waals surface area contributed by atoms with Gasteiger partial charge in [-0.15, -0.1) is 0 Å². The largest absolute Gasteiger partial charge is 0.458 e. The molecular formula is C22H19FN4O2. The molecule has 0 bridgehead atoms. The van der Waals surface area contributed by atoms with E-state index in [9.17, 15) is 9.18 Å². The summed E-state index contributed by atoms with van der Waals surface area (Å²) in [6.45, 7) is 2.16. The second kappa shape index (κ2) is 6.89. The van der Waals surface area contributed by atoms with Crippen molar-refractivity contribution in [3.63, 3.8) is 0 Å². The second-order valence-corrected chi connectivity index (χ2v) is 7.59. The summed E-state index contributed by atoms with van der Waals surface area (Å²) in [4.78, 5) is 21.2. The smallest absolute Gasteiger partial charge is 0.257 e. The Morgan fingerprint density at radius 2 is 1.97 bits per heavy atom. The van der Waals surface area contributed by atoms with Crippen LogP contribution in [-0.4, -0.2) is 42.0 Å². The fourth-order valence-electron chi connectivity index (χ4n) is 3.85. The third-order valence-electron chi connectivity index (χ3n) is 5.58. The molecule has 2 aromatic heterocycles. The van der Waals surface area contributed by atoms with Gasteiger partial charge in [0.15, 0.2) is 5.58 Å². The van der Waals surface area contributed by atoms with Crippen LogP contribution in [0.15, 0.2) is 40.9 Å². The molecule has 6 nitrogen and oxygen atoms in total. The van der Waals surface area contributed by atoms with Gasteiger partial charge in [-0.05, 0) is 37.1 Å². The molecule has 0 unspecified atom stereocenters. The van der Waals surface area contributed by atoms with Gasteiger partial charge in [-0.2, -0.15) is 5.26 Å². The third-order valence-corrected chi connectivity index (χ3v) is 5.58. The summed E-state index contributed by atoms with van der Waals surface area (Å²) < 4.78 is 19.7. The summed E-state index contributed by atoms with van der Waals surface area (Å²) in [5.41, 5.74) is 2.78. The van der Waals surface area contributed by atoms with Crippen LogP contribution in [0.2, 0.25) is 0 Å². The number of amides is 1. The van der Waals surface area contributed by atoms with Gasteiger partial charge in [-0.25, -0.2) is 4.39 Å². The van der Waals surface area contributed by atoms with Crippen LogP contribution < -0.4 is 4.90 Å². The number of nitriles is 1. The summed E-state index contributed by atoms with van der Waals surface area (Å²) in [7, 11) is 0. The van der Waals surface area contributed by atoms with E-state index in [0.29, 0.717) is 54.5 Å². The Hall–Kier alpha value is -3.40.